The molecule has 2 rings (SSSR count). The van der Waals surface area contributed by atoms with Crippen LogP contribution in [0.2, 0.25) is 0 Å². The van der Waals surface area contributed by atoms with Gasteiger partial charge in [0.2, 0.25) is 10.0 Å². The van der Waals surface area contributed by atoms with Crippen molar-refractivity contribution in [2.24, 2.45) is 5.92 Å². The van der Waals surface area contributed by atoms with Gasteiger partial charge in [0.05, 0.1) is 4.90 Å². The van der Waals surface area contributed by atoms with Gasteiger partial charge in [0, 0.05) is 15.5 Å². The van der Waals surface area contributed by atoms with Gasteiger partial charge in [-0.15, -0.1) is 0 Å². The number of benzene rings is 1. The number of nitrogens with one attached hydrogen (secondary N) is 1. The highest BCUT2D eigenvalue weighted by atomic mass is 79.9. The molecule has 1 heterocycles. The Morgan fingerprint density at radius 3 is 2.55 bits per heavy atom. The number of sulfonamides is 1. The van der Waals surface area contributed by atoms with Crippen molar-refractivity contribution < 1.29 is 8.42 Å². The summed E-state index contributed by atoms with van der Waals surface area (Å²) in [6.45, 7) is 2.58. The predicted molar refractivity (Wildman–Crippen MR) is 87.3 cm³/mol. The first-order chi connectivity index (χ1) is 9.38. The van der Waals surface area contributed by atoms with E-state index in [1.807, 2.05) is 0 Å². The van der Waals surface area contributed by atoms with E-state index in [0.717, 1.165) is 30.4 Å². The molecule has 1 aromatic rings. The van der Waals surface area contributed by atoms with Crippen LogP contribution in [0.4, 0.5) is 0 Å². The smallest absolute Gasteiger partial charge is 0.241 e. The second kappa shape index (κ2) is 6.87. The van der Waals surface area contributed by atoms with Gasteiger partial charge in [-0.1, -0.05) is 15.9 Å². The molecule has 0 aromatic heterocycles. The van der Waals surface area contributed by atoms with Crippen LogP contribution in [0.15, 0.2) is 32.0 Å². The lowest BCUT2D eigenvalue weighted by Crippen LogP contribution is -2.36. The quantitative estimate of drug-likeness (QED) is 0.806. The Morgan fingerprint density at radius 2 is 1.95 bits per heavy atom. The molecule has 1 aliphatic rings. The van der Waals surface area contributed by atoms with Crippen molar-refractivity contribution >= 4 is 41.9 Å². The minimum Gasteiger partial charge on any atom is -0.306 e. The molecule has 112 valence electrons. The van der Waals surface area contributed by atoms with E-state index >= 15 is 0 Å². The van der Waals surface area contributed by atoms with Gasteiger partial charge in [0.15, 0.2) is 0 Å². The second-order valence-corrected chi connectivity index (χ2v) is 8.68. The van der Waals surface area contributed by atoms with Crippen LogP contribution < -0.4 is 4.72 Å². The van der Waals surface area contributed by atoms with Gasteiger partial charge < -0.3 is 4.90 Å². The molecule has 1 aromatic carbocycles. The molecule has 0 spiro atoms. The molecule has 7 heteroatoms. The first kappa shape index (κ1) is 16.4. The summed E-state index contributed by atoms with van der Waals surface area (Å²) in [7, 11) is -1.36. The Morgan fingerprint density at radius 1 is 1.30 bits per heavy atom. The maximum absolute atomic E-state index is 12.3. The number of piperidine rings is 1. The van der Waals surface area contributed by atoms with Crippen LogP contribution >= 0.6 is 31.9 Å². The largest absolute Gasteiger partial charge is 0.306 e. The third-order valence-electron chi connectivity index (χ3n) is 3.58. The van der Waals surface area contributed by atoms with Crippen molar-refractivity contribution in [3.8, 4) is 0 Å². The Hall–Kier alpha value is 0.0500. The fourth-order valence-electron chi connectivity index (χ4n) is 2.26. The van der Waals surface area contributed by atoms with Crippen LogP contribution in [0.3, 0.4) is 0 Å². The molecule has 0 unspecified atom stereocenters. The molecule has 0 radical (unpaired) electrons. The maximum Gasteiger partial charge on any atom is 0.241 e. The molecule has 0 aliphatic carbocycles. The number of hydrogen-bond donors (Lipinski definition) is 1. The van der Waals surface area contributed by atoms with Gasteiger partial charge in [-0.25, -0.2) is 13.1 Å². The molecule has 20 heavy (non-hydrogen) atoms. The highest BCUT2D eigenvalue weighted by Crippen LogP contribution is 2.26. The van der Waals surface area contributed by atoms with Crippen molar-refractivity contribution in [2.45, 2.75) is 17.7 Å². The van der Waals surface area contributed by atoms with Crippen LogP contribution in [-0.2, 0) is 10.0 Å². The van der Waals surface area contributed by atoms with E-state index < -0.39 is 10.0 Å². The van der Waals surface area contributed by atoms with Gasteiger partial charge in [-0.2, -0.15) is 0 Å². The van der Waals surface area contributed by atoms with Crippen molar-refractivity contribution in [3.05, 3.63) is 27.1 Å². The summed E-state index contributed by atoms with van der Waals surface area (Å²) in [5, 5.41) is 0. The fourth-order valence-corrected chi connectivity index (χ4v) is 5.12. The van der Waals surface area contributed by atoms with Crippen LogP contribution in [0.5, 0.6) is 0 Å². The fraction of sp³-hybridized carbons (Fsp3) is 0.538. The van der Waals surface area contributed by atoms with E-state index in [9.17, 15) is 8.42 Å². The molecule has 0 atom stereocenters. The SMILES string of the molecule is CN1CCC(CNS(=O)(=O)c2ccc(Br)cc2Br)CC1. The van der Waals surface area contributed by atoms with Crippen LogP contribution in [0, 0.1) is 5.92 Å². The Labute approximate surface area is 137 Å². The molecule has 1 fully saturated rings. The highest BCUT2D eigenvalue weighted by molar-refractivity contribution is 9.11. The normalized spacial score (nSPS) is 18.4. The van der Waals surface area contributed by atoms with Gasteiger partial charge in [0.25, 0.3) is 0 Å². The van der Waals surface area contributed by atoms with Crippen LogP contribution in [0.25, 0.3) is 0 Å². The predicted octanol–water partition coefficient (Wildman–Crippen LogP) is 2.83. The molecule has 1 saturated heterocycles. The Balaban J connectivity index is 2.00. The third kappa shape index (κ3) is 4.27. The summed E-state index contributed by atoms with van der Waals surface area (Å²) in [6.07, 6.45) is 2.08. The van der Waals surface area contributed by atoms with E-state index in [4.69, 9.17) is 0 Å². The zero-order chi connectivity index (χ0) is 14.8. The van der Waals surface area contributed by atoms with Gasteiger partial charge in [-0.3, -0.25) is 0 Å². The van der Waals surface area contributed by atoms with Crippen molar-refractivity contribution in [1.82, 2.24) is 9.62 Å². The molecular weight excluding hydrogens is 408 g/mol. The first-order valence-electron chi connectivity index (χ1n) is 6.52. The molecule has 1 aliphatic heterocycles. The number of hydrogen-bond acceptors (Lipinski definition) is 3. The molecule has 1 N–H and O–H groups in total. The van der Waals surface area contributed by atoms with Gasteiger partial charge in [0.1, 0.15) is 0 Å². The zero-order valence-corrected chi connectivity index (χ0v) is 15.3. The second-order valence-electron chi connectivity index (χ2n) is 5.17. The monoisotopic (exact) mass is 424 g/mol. The third-order valence-corrected chi connectivity index (χ3v) is 6.48. The van der Waals surface area contributed by atoms with Gasteiger partial charge in [-0.05, 0) is 73.0 Å². The molecule has 0 bridgehead atoms. The average Bonchev–Trinajstić information content (AvgIpc) is 2.37. The minimum absolute atomic E-state index is 0.286. The molecule has 0 saturated carbocycles. The lowest BCUT2D eigenvalue weighted by molar-refractivity contribution is 0.220. The molecular formula is C13H18Br2N2O2S. The standard InChI is InChI=1S/C13H18Br2N2O2S/c1-17-6-4-10(5-7-17)9-16-20(18,19)13-3-2-11(14)8-12(13)15/h2-3,8,10,16H,4-7,9H2,1H3. The van der Waals surface area contributed by atoms with Crippen LogP contribution in [0.1, 0.15) is 12.8 Å². The van der Waals surface area contributed by atoms with E-state index in [2.05, 4.69) is 48.5 Å². The minimum atomic E-state index is -3.45. The van der Waals surface area contributed by atoms with Crippen LogP contribution in [-0.4, -0.2) is 40.0 Å². The summed E-state index contributed by atoms with van der Waals surface area (Å²) >= 11 is 6.62. The van der Waals surface area contributed by atoms with Crippen molar-refractivity contribution in [2.75, 3.05) is 26.7 Å². The number of nitrogens with zero attached hydrogens (tertiary/aromatic N) is 1. The summed E-state index contributed by atoms with van der Waals surface area (Å²) < 4.78 is 28.8. The first-order valence-corrected chi connectivity index (χ1v) is 9.58. The Bertz CT molecular complexity index is 570. The average molecular weight is 426 g/mol. The maximum atomic E-state index is 12.3. The lowest BCUT2D eigenvalue weighted by Gasteiger charge is -2.28. The summed E-state index contributed by atoms with van der Waals surface area (Å²) in [4.78, 5) is 2.56. The highest BCUT2D eigenvalue weighted by Gasteiger charge is 2.21. The van der Waals surface area contributed by atoms with E-state index in [1.165, 1.54) is 0 Å². The zero-order valence-electron chi connectivity index (χ0n) is 11.3. The number of halogens is 2. The molecule has 0 amide bonds. The lowest BCUT2D eigenvalue weighted by atomic mass is 9.98. The summed E-state index contributed by atoms with van der Waals surface area (Å²) in [5.74, 6) is 0.426. The molecule has 4 nitrogen and oxygen atoms in total. The number of rotatable bonds is 4. The van der Waals surface area contributed by atoms with Gasteiger partial charge >= 0.3 is 0 Å². The van der Waals surface area contributed by atoms with Crippen molar-refractivity contribution in [3.63, 3.8) is 0 Å². The summed E-state index contributed by atoms with van der Waals surface area (Å²) in [6, 6.07) is 5.07. The van der Waals surface area contributed by atoms with E-state index in [0.29, 0.717) is 16.9 Å². The van der Waals surface area contributed by atoms with Crippen molar-refractivity contribution in [1.29, 1.82) is 0 Å². The van der Waals surface area contributed by atoms with E-state index in [-0.39, 0.29) is 4.90 Å². The van der Waals surface area contributed by atoms with E-state index in [1.54, 1.807) is 18.2 Å². The topological polar surface area (TPSA) is 49.4 Å². The Kier molecular flexibility index (Phi) is 5.64. The number of likely N-dealkylation sites (tertiary alicyclic amines) is 1. The summed E-state index contributed by atoms with van der Waals surface area (Å²) in [5.41, 5.74) is 0.